The van der Waals surface area contributed by atoms with Gasteiger partial charge in [0.15, 0.2) is 0 Å². The maximum Gasteiger partial charge on any atom is 0.257 e. The molecule has 1 aliphatic heterocycles. The fraction of sp³-hybridized carbons (Fsp3) is 0.389. The highest BCUT2D eigenvalue weighted by Gasteiger charge is 2.29. The molecule has 0 saturated carbocycles. The average molecular weight is 326 g/mol. The molecule has 1 aliphatic rings. The lowest BCUT2D eigenvalue weighted by molar-refractivity contribution is -0.123. The van der Waals surface area contributed by atoms with Crippen molar-refractivity contribution in [3.63, 3.8) is 0 Å². The highest BCUT2D eigenvalue weighted by atomic mass is 16.2. The third-order valence-corrected chi connectivity index (χ3v) is 4.60. The lowest BCUT2D eigenvalue weighted by Crippen LogP contribution is -2.44. The van der Waals surface area contributed by atoms with Crippen LogP contribution < -0.4 is 5.73 Å². The van der Waals surface area contributed by atoms with E-state index in [1.807, 2.05) is 38.1 Å². The van der Waals surface area contributed by atoms with Gasteiger partial charge in [-0.05, 0) is 44.4 Å². The number of carbonyl (C=O) groups is 2. The van der Waals surface area contributed by atoms with E-state index in [4.69, 9.17) is 5.73 Å². The topological polar surface area (TPSA) is 81.2 Å². The molecular formula is C18H22N4O2. The predicted molar refractivity (Wildman–Crippen MR) is 90.9 cm³/mol. The molecule has 2 amide bonds. The first-order valence-electron chi connectivity index (χ1n) is 8.17. The van der Waals surface area contributed by atoms with E-state index >= 15 is 0 Å². The van der Waals surface area contributed by atoms with Crippen molar-refractivity contribution in [2.45, 2.75) is 26.7 Å². The molecule has 0 aliphatic carbocycles. The maximum absolute atomic E-state index is 12.8. The SMILES string of the molecule is Cc1cccc(-n2ncc(C(=O)N3CCC[C@H](C(N)=O)C3)c2C)c1. The zero-order valence-electron chi connectivity index (χ0n) is 14.0. The third kappa shape index (κ3) is 3.04. The second-order valence-corrected chi connectivity index (χ2v) is 6.39. The number of amides is 2. The minimum absolute atomic E-state index is 0.0858. The quantitative estimate of drug-likeness (QED) is 0.934. The van der Waals surface area contributed by atoms with Crippen molar-refractivity contribution < 1.29 is 9.59 Å². The summed E-state index contributed by atoms with van der Waals surface area (Å²) in [4.78, 5) is 25.9. The van der Waals surface area contributed by atoms with Crippen LogP contribution >= 0.6 is 0 Å². The molecule has 0 unspecified atom stereocenters. The highest BCUT2D eigenvalue weighted by molar-refractivity contribution is 5.95. The molecule has 1 saturated heterocycles. The third-order valence-electron chi connectivity index (χ3n) is 4.60. The van der Waals surface area contributed by atoms with E-state index in [-0.39, 0.29) is 17.7 Å². The van der Waals surface area contributed by atoms with E-state index in [0.29, 0.717) is 18.7 Å². The molecule has 1 fully saturated rings. The minimum atomic E-state index is -0.334. The normalized spacial score (nSPS) is 17.8. The van der Waals surface area contributed by atoms with Crippen molar-refractivity contribution in [1.29, 1.82) is 0 Å². The van der Waals surface area contributed by atoms with E-state index in [2.05, 4.69) is 5.10 Å². The Morgan fingerprint density at radius 2 is 2.08 bits per heavy atom. The van der Waals surface area contributed by atoms with E-state index in [9.17, 15) is 9.59 Å². The summed E-state index contributed by atoms with van der Waals surface area (Å²) in [5.74, 6) is -0.674. The first-order chi connectivity index (χ1) is 11.5. The van der Waals surface area contributed by atoms with Crippen molar-refractivity contribution in [3.05, 3.63) is 47.3 Å². The van der Waals surface area contributed by atoms with Gasteiger partial charge in [0, 0.05) is 13.1 Å². The molecule has 1 aromatic carbocycles. The first-order valence-corrected chi connectivity index (χ1v) is 8.17. The van der Waals surface area contributed by atoms with E-state index in [1.54, 1.807) is 15.8 Å². The summed E-state index contributed by atoms with van der Waals surface area (Å²) < 4.78 is 1.77. The van der Waals surface area contributed by atoms with Crippen molar-refractivity contribution in [1.82, 2.24) is 14.7 Å². The Kier molecular flexibility index (Phi) is 4.38. The van der Waals surface area contributed by atoms with Gasteiger partial charge in [-0.1, -0.05) is 12.1 Å². The number of aromatic nitrogens is 2. The Labute approximate surface area is 141 Å². The second kappa shape index (κ2) is 6.47. The zero-order chi connectivity index (χ0) is 17.3. The number of nitrogens with two attached hydrogens (primary N) is 1. The number of piperidine rings is 1. The van der Waals surface area contributed by atoms with E-state index in [0.717, 1.165) is 29.8 Å². The van der Waals surface area contributed by atoms with Crippen LogP contribution in [0.2, 0.25) is 0 Å². The number of likely N-dealkylation sites (tertiary alicyclic amines) is 1. The summed E-state index contributed by atoms with van der Waals surface area (Å²) in [7, 11) is 0. The summed E-state index contributed by atoms with van der Waals surface area (Å²) in [6.45, 7) is 4.95. The molecule has 0 bridgehead atoms. The highest BCUT2D eigenvalue weighted by Crippen LogP contribution is 2.21. The monoisotopic (exact) mass is 326 g/mol. The van der Waals surface area contributed by atoms with Gasteiger partial charge in [0.25, 0.3) is 5.91 Å². The van der Waals surface area contributed by atoms with Crippen LogP contribution in [-0.4, -0.2) is 39.6 Å². The number of hydrogen-bond donors (Lipinski definition) is 1. The molecule has 2 aromatic rings. The Bertz CT molecular complexity index is 781. The number of carbonyl (C=O) groups excluding carboxylic acids is 2. The Hall–Kier alpha value is -2.63. The van der Waals surface area contributed by atoms with Gasteiger partial charge >= 0.3 is 0 Å². The maximum atomic E-state index is 12.8. The van der Waals surface area contributed by atoms with Crippen LogP contribution in [0.5, 0.6) is 0 Å². The number of primary amides is 1. The van der Waals surface area contributed by atoms with Crippen molar-refractivity contribution >= 4 is 11.8 Å². The molecule has 3 rings (SSSR count). The van der Waals surface area contributed by atoms with Crippen molar-refractivity contribution in [2.24, 2.45) is 11.7 Å². The fourth-order valence-electron chi connectivity index (χ4n) is 3.20. The van der Waals surface area contributed by atoms with Crippen molar-refractivity contribution in [3.8, 4) is 5.69 Å². The number of hydrogen-bond acceptors (Lipinski definition) is 3. The molecule has 1 aromatic heterocycles. The molecule has 6 nitrogen and oxygen atoms in total. The summed E-state index contributed by atoms with van der Waals surface area (Å²) in [5, 5.41) is 4.37. The molecular weight excluding hydrogens is 304 g/mol. The van der Waals surface area contributed by atoms with E-state index < -0.39 is 0 Å². The van der Waals surface area contributed by atoms with Crippen LogP contribution in [0.3, 0.4) is 0 Å². The largest absolute Gasteiger partial charge is 0.369 e. The standard InChI is InChI=1S/C18H22N4O2/c1-12-5-3-7-15(9-12)22-13(2)16(10-20-22)18(24)21-8-4-6-14(11-21)17(19)23/h3,5,7,9-10,14H,4,6,8,11H2,1-2H3,(H2,19,23)/t14-/m0/s1. The van der Waals surface area contributed by atoms with Gasteiger partial charge in [0.1, 0.15) is 0 Å². The molecule has 2 N–H and O–H groups in total. The number of nitrogens with zero attached hydrogens (tertiary/aromatic N) is 3. The Morgan fingerprint density at radius 1 is 1.29 bits per heavy atom. The van der Waals surface area contributed by atoms with Gasteiger partial charge in [-0.25, -0.2) is 4.68 Å². The van der Waals surface area contributed by atoms with Gasteiger partial charge < -0.3 is 10.6 Å². The predicted octanol–water partition coefficient (Wildman–Crippen LogP) is 1.83. The minimum Gasteiger partial charge on any atom is -0.369 e. The van der Waals surface area contributed by atoms with Crippen LogP contribution in [0, 0.1) is 19.8 Å². The van der Waals surface area contributed by atoms with Crippen molar-refractivity contribution in [2.75, 3.05) is 13.1 Å². The van der Waals surface area contributed by atoms with Crippen LogP contribution in [-0.2, 0) is 4.79 Å². The van der Waals surface area contributed by atoms with Gasteiger partial charge in [-0.15, -0.1) is 0 Å². The van der Waals surface area contributed by atoms with Gasteiger partial charge in [-0.3, -0.25) is 9.59 Å². The molecule has 24 heavy (non-hydrogen) atoms. The Balaban J connectivity index is 1.85. The lowest BCUT2D eigenvalue weighted by Gasteiger charge is -2.31. The molecule has 2 heterocycles. The number of benzene rings is 1. The van der Waals surface area contributed by atoms with Crippen LogP contribution in [0.4, 0.5) is 0 Å². The molecule has 0 spiro atoms. The number of aryl methyl sites for hydroxylation is 1. The zero-order valence-corrected chi connectivity index (χ0v) is 14.0. The summed E-state index contributed by atoms with van der Waals surface area (Å²) in [6, 6.07) is 7.98. The fourth-order valence-corrected chi connectivity index (χ4v) is 3.20. The molecule has 0 radical (unpaired) electrons. The molecule has 126 valence electrons. The summed E-state index contributed by atoms with van der Waals surface area (Å²) in [6.07, 6.45) is 3.15. The smallest absolute Gasteiger partial charge is 0.257 e. The Morgan fingerprint density at radius 3 is 2.79 bits per heavy atom. The lowest BCUT2D eigenvalue weighted by atomic mass is 9.97. The first kappa shape index (κ1) is 16.2. The van der Waals surface area contributed by atoms with Gasteiger partial charge in [0.05, 0.1) is 29.1 Å². The summed E-state index contributed by atoms with van der Waals surface area (Å²) >= 11 is 0. The van der Waals surface area contributed by atoms with Crippen LogP contribution in [0.15, 0.2) is 30.5 Å². The summed E-state index contributed by atoms with van der Waals surface area (Å²) in [5.41, 5.74) is 8.83. The van der Waals surface area contributed by atoms with Crippen LogP contribution in [0.25, 0.3) is 5.69 Å². The van der Waals surface area contributed by atoms with Crippen LogP contribution in [0.1, 0.15) is 34.5 Å². The average Bonchev–Trinajstić information content (AvgIpc) is 2.96. The number of rotatable bonds is 3. The second-order valence-electron chi connectivity index (χ2n) is 6.39. The molecule has 1 atom stereocenters. The van der Waals surface area contributed by atoms with Gasteiger partial charge in [0.2, 0.25) is 5.91 Å². The van der Waals surface area contributed by atoms with E-state index in [1.165, 1.54) is 0 Å². The van der Waals surface area contributed by atoms with Gasteiger partial charge in [-0.2, -0.15) is 5.10 Å². The molecule has 6 heteroatoms.